The lowest BCUT2D eigenvalue weighted by Gasteiger charge is -2.36. The molecule has 1 fully saturated rings. The first-order chi connectivity index (χ1) is 18.2. The standard InChI is InChI=1S/C28H29Cl2N3O4S/c1-20-8-9-22(29)17-26(20)31-13-15-32(16-14-31)28(34)19-37-27-11-10-23(18-24(27)30)38(35,36)33-12-4-6-21-5-2-3-7-25(21)33/h2-3,5,7-11,17-18H,4,6,12-16,19H2,1H3. The average Bonchev–Trinajstić information content (AvgIpc) is 2.93. The Hall–Kier alpha value is -2.94. The number of benzene rings is 3. The lowest BCUT2D eigenvalue weighted by atomic mass is 10.0. The van der Waals surface area contributed by atoms with Crippen LogP contribution < -0.4 is 13.9 Å². The highest BCUT2D eigenvalue weighted by atomic mass is 35.5. The SMILES string of the molecule is Cc1ccc(Cl)cc1N1CCN(C(=O)COc2ccc(S(=O)(=O)N3CCCc4ccccc43)cc2Cl)CC1. The molecular formula is C28H29Cl2N3O4S. The van der Waals surface area contributed by atoms with Crippen LogP contribution in [0.5, 0.6) is 5.75 Å². The van der Waals surface area contributed by atoms with E-state index in [-0.39, 0.29) is 28.2 Å². The van der Waals surface area contributed by atoms with Crippen LogP contribution in [0.2, 0.25) is 10.0 Å². The number of para-hydroxylation sites is 1. The van der Waals surface area contributed by atoms with Gasteiger partial charge >= 0.3 is 0 Å². The number of rotatable bonds is 6. The first-order valence-corrected chi connectivity index (χ1v) is 14.8. The molecule has 3 aromatic carbocycles. The molecule has 10 heteroatoms. The molecule has 0 spiro atoms. The summed E-state index contributed by atoms with van der Waals surface area (Å²) in [5.41, 5.74) is 3.93. The summed E-state index contributed by atoms with van der Waals surface area (Å²) < 4.78 is 34.0. The van der Waals surface area contributed by atoms with E-state index in [9.17, 15) is 13.2 Å². The van der Waals surface area contributed by atoms with E-state index in [1.807, 2.05) is 49.4 Å². The van der Waals surface area contributed by atoms with Crippen molar-refractivity contribution in [3.8, 4) is 5.75 Å². The molecule has 0 aromatic heterocycles. The lowest BCUT2D eigenvalue weighted by molar-refractivity contribution is -0.133. The minimum atomic E-state index is -3.79. The first-order valence-electron chi connectivity index (χ1n) is 12.6. The summed E-state index contributed by atoms with van der Waals surface area (Å²) in [4.78, 5) is 16.9. The second-order valence-corrected chi connectivity index (χ2v) is 12.2. The van der Waals surface area contributed by atoms with Gasteiger partial charge in [-0.3, -0.25) is 9.10 Å². The van der Waals surface area contributed by atoms with Gasteiger partial charge in [0.1, 0.15) is 5.75 Å². The van der Waals surface area contributed by atoms with Crippen molar-refractivity contribution >= 4 is 50.5 Å². The van der Waals surface area contributed by atoms with Crippen molar-refractivity contribution in [2.75, 3.05) is 48.5 Å². The van der Waals surface area contributed by atoms with Crippen molar-refractivity contribution in [2.45, 2.75) is 24.7 Å². The van der Waals surface area contributed by atoms with Crippen LogP contribution in [0.15, 0.2) is 65.6 Å². The van der Waals surface area contributed by atoms with Gasteiger partial charge in [0, 0.05) is 43.4 Å². The van der Waals surface area contributed by atoms with Crippen LogP contribution in [0.25, 0.3) is 0 Å². The van der Waals surface area contributed by atoms with Gasteiger partial charge in [-0.1, -0.05) is 47.5 Å². The van der Waals surface area contributed by atoms with Gasteiger partial charge in [-0.15, -0.1) is 0 Å². The molecule has 3 aromatic rings. The maximum atomic E-state index is 13.4. The summed E-state index contributed by atoms with van der Waals surface area (Å²) in [6.07, 6.45) is 1.60. The third-order valence-electron chi connectivity index (χ3n) is 7.05. The first kappa shape index (κ1) is 26.7. The van der Waals surface area contributed by atoms with Gasteiger partial charge < -0.3 is 14.5 Å². The fourth-order valence-corrected chi connectivity index (χ4v) is 7.02. The Balaban J connectivity index is 1.20. The van der Waals surface area contributed by atoms with Gasteiger partial charge in [0.15, 0.2) is 6.61 Å². The second kappa shape index (κ2) is 11.0. The molecular weight excluding hydrogens is 545 g/mol. The van der Waals surface area contributed by atoms with E-state index in [4.69, 9.17) is 27.9 Å². The molecule has 200 valence electrons. The van der Waals surface area contributed by atoms with Crippen LogP contribution in [0, 0.1) is 6.92 Å². The Bertz CT molecular complexity index is 1460. The van der Waals surface area contributed by atoms with Crippen molar-refractivity contribution < 1.29 is 17.9 Å². The fraction of sp³-hybridized carbons (Fsp3) is 0.321. The zero-order valence-electron chi connectivity index (χ0n) is 21.1. The topological polar surface area (TPSA) is 70.2 Å². The minimum Gasteiger partial charge on any atom is -0.482 e. The molecule has 0 atom stereocenters. The molecule has 38 heavy (non-hydrogen) atoms. The van der Waals surface area contributed by atoms with Crippen LogP contribution in [-0.4, -0.2) is 58.6 Å². The van der Waals surface area contributed by atoms with Crippen LogP contribution in [0.4, 0.5) is 11.4 Å². The molecule has 7 nitrogen and oxygen atoms in total. The highest BCUT2D eigenvalue weighted by Gasteiger charge is 2.30. The predicted octanol–water partition coefficient (Wildman–Crippen LogP) is 5.17. The Morgan fingerprint density at radius 3 is 2.45 bits per heavy atom. The summed E-state index contributed by atoms with van der Waals surface area (Å²) in [6, 6.07) is 17.7. The van der Waals surface area contributed by atoms with E-state index in [0.29, 0.717) is 43.4 Å². The molecule has 2 aliphatic heterocycles. The van der Waals surface area contributed by atoms with E-state index >= 15 is 0 Å². The molecule has 5 rings (SSSR count). The fourth-order valence-electron chi connectivity index (χ4n) is 4.99. The number of aryl methyl sites for hydroxylation is 2. The maximum absolute atomic E-state index is 13.4. The number of ether oxygens (including phenoxy) is 1. The third kappa shape index (κ3) is 5.44. The number of fused-ring (bicyclic) bond motifs is 1. The van der Waals surface area contributed by atoms with Gasteiger partial charge in [-0.05, 0) is 67.3 Å². The van der Waals surface area contributed by atoms with Crippen LogP contribution >= 0.6 is 23.2 Å². The zero-order valence-corrected chi connectivity index (χ0v) is 23.4. The van der Waals surface area contributed by atoms with Crippen molar-refractivity contribution in [3.05, 3.63) is 81.8 Å². The molecule has 0 bridgehead atoms. The average molecular weight is 575 g/mol. The Kier molecular flexibility index (Phi) is 7.75. The summed E-state index contributed by atoms with van der Waals surface area (Å²) in [7, 11) is -3.79. The maximum Gasteiger partial charge on any atom is 0.264 e. The lowest BCUT2D eigenvalue weighted by Crippen LogP contribution is -2.50. The summed E-state index contributed by atoms with van der Waals surface area (Å²) in [5, 5.41) is 0.833. The minimum absolute atomic E-state index is 0.0883. The number of nitrogens with zero attached hydrogens (tertiary/aromatic N) is 3. The van der Waals surface area contributed by atoms with E-state index in [2.05, 4.69) is 4.90 Å². The molecule has 0 unspecified atom stereocenters. The molecule has 2 heterocycles. The summed E-state index contributed by atoms with van der Waals surface area (Å²) in [5.74, 6) is 0.122. The van der Waals surface area contributed by atoms with Gasteiger partial charge in [-0.25, -0.2) is 8.42 Å². The largest absolute Gasteiger partial charge is 0.482 e. The smallest absolute Gasteiger partial charge is 0.264 e. The number of piperazine rings is 1. The number of hydrogen-bond acceptors (Lipinski definition) is 5. The monoisotopic (exact) mass is 573 g/mol. The number of amides is 1. The van der Waals surface area contributed by atoms with Crippen molar-refractivity contribution in [1.29, 1.82) is 0 Å². The quantitative estimate of drug-likeness (QED) is 0.407. The Morgan fingerprint density at radius 2 is 1.68 bits per heavy atom. The van der Waals surface area contributed by atoms with Gasteiger partial charge in [0.2, 0.25) is 0 Å². The number of carbonyl (C=O) groups is 1. The number of hydrogen-bond donors (Lipinski definition) is 0. The number of carbonyl (C=O) groups excluding carboxylic acids is 1. The summed E-state index contributed by atoms with van der Waals surface area (Å²) >= 11 is 12.6. The van der Waals surface area contributed by atoms with E-state index < -0.39 is 10.0 Å². The van der Waals surface area contributed by atoms with E-state index in [1.54, 1.807) is 4.90 Å². The predicted molar refractivity (Wildman–Crippen MR) is 151 cm³/mol. The van der Waals surface area contributed by atoms with E-state index in [0.717, 1.165) is 29.7 Å². The number of halogens is 2. The molecule has 0 saturated carbocycles. The molecule has 0 N–H and O–H groups in total. The normalized spacial score (nSPS) is 15.8. The number of sulfonamides is 1. The Morgan fingerprint density at radius 1 is 0.921 bits per heavy atom. The molecule has 2 aliphatic rings. The number of anilines is 2. The van der Waals surface area contributed by atoms with Crippen LogP contribution in [0.1, 0.15) is 17.5 Å². The molecule has 0 radical (unpaired) electrons. The van der Waals surface area contributed by atoms with Crippen LogP contribution in [0.3, 0.4) is 0 Å². The highest BCUT2D eigenvalue weighted by Crippen LogP contribution is 2.34. The highest BCUT2D eigenvalue weighted by molar-refractivity contribution is 7.92. The third-order valence-corrected chi connectivity index (χ3v) is 9.39. The van der Waals surface area contributed by atoms with E-state index in [1.165, 1.54) is 22.5 Å². The van der Waals surface area contributed by atoms with Crippen molar-refractivity contribution in [2.24, 2.45) is 0 Å². The zero-order chi connectivity index (χ0) is 26.9. The second-order valence-electron chi connectivity index (χ2n) is 9.49. The summed E-state index contributed by atoms with van der Waals surface area (Å²) in [6.45, 7) is 4.80. The van der Waals surface area contributed by atoms with Gasteiger partial charge in [0.05, 0.1) is 15.6 Å². The molecule has 1 saturated heterocycles. The van der Waals surface area contributed by atoms with Crippen LogP contribution in [-0.2, 0) is 21.2 Å². The molecule has 0 aliphatic carbocycles. The van der Waals surface area contributed by atoms with Gasteiger partial charge in [0.25, 0.3) is 15.9 Å². The van der Waals surface area contributed by atoms with Gasteiger partial charge in [-0.2, -0.15) is 0 Å². The molecule has 1 amide bonds. The Labute approximate surface area is 233 Å². The van der Waals surface area contributed by atoms with Crippen molar-refractivity contribution in [3.63, 3.8) is 0 Å². The van der Waals surface area contributed by atoms with Crippen molar-refractivity contribution in [1.82, 2.24) is 4.90 Å².